The van der Waals surface area contributed by atoms with Gasteiger partial charge in [-0.2, -0.15) is 0 Å². The Labute approximate surface area is 94.8 Å². The molecule has 16 heavy (non-hydrogen) atoms. The van der Waals surface area contributed by atoms with Gasteiger partial charge >= 0.3 is 0 Å². The summed E-state index contributed by atoms with van der Waals surface area (Å²) >= 11 is 0. The highest BCUT2D eigenvalue weighted by molar-refractivity contribution is 5.30. The lowest BCUT2D eigenvalue weighted by atomic mass is 10.0. The van der Waals surface area contributed by atoms with Crippen molar-refractivity contribution in [3.63, 3.8) is 0 Å². The molecule has 2 atom stereocenters. The fourth-order valence-corrected chi connectivity index (χ4v) is 1.44. The van der Waals surface area contributed by atoms with E-state index in [-0.39, 0.29) is 11.7 Å². The van der Waals surface area contributed by atoms with Crippen LogP contribution in [0.5, 0.6) is 5.75 Å². The minimum absolute atomic E-state index is 0.114. The fourth-order valence-electron chi connectivity index (χ4n) is 1.44. The summed E-state index contributed by atoms with van der Waals surface area (Å²) < 4.78 is 23.5. The van der Waals surface area contributed by atoms with Gasteiger partial charge in [-0.15, -0.1) is 0 Å². The van der Waals surface area contributed by atoms with Crippen LogP contribution in [-0.4, -0.2) is 25.4 Å². The maximum absolute atomic E-state index is 13.6. The smallest absolute Gasteiger partial charge is 0.132 e. The minimum Gasteiger partial charge on any atom is -0.497 e. The van der Waals surface area contributed by atoms with E-state index in [1.54, 1.807) is 13.2 Å². The normalized spacial score (nSPS) is 14.6. The van der Waals surface area contributed by atoms with Crippen LogP contribution < -0.4 is 4.74 Å². The number of rotatable bonds is 5. The van der Waals surface area contributed by atoms with E-state index >= 15 is 0 Å². The molecule has 0 bridgehead atoms. The second-order valence-corrected chi connectivity index (χ2v) is 3.69. The summed E-state index contributed by atoms with van der Waals surface area (Å²) in [6.45, 7) is 1.82. The first-order valence-corrected chi connectivity index (χ1v) is 5.12. The van der Waals surface area contributed by atoms with Crippen LogP contribution in [0.4, 0.5) is 4.39 Å². The van der Waals surface area contributed by atoms with Crippen LogP contribution in [0.15, 0.2) is 18.2 Å². The third-order valence-corrected chi connectivity index (χ3v) is 2.52. The molecule has 0 heterocycles. The van der Waals surface area contributed by atoms with Gasteiger partial charge in [0.05, 0.1) is 19.3 Å². The summed E-state index contributed by atoms with van der Waals surface area (Å²) in [5, 5.41) is 9.81. The number of benzene rings is 1. The average molecular weight is 228 g/mol. The first kappa shape index (κ1) is 12.9. The quantitative estimate of drug-likeness (QED) is 0.840. The van der Waals surface area contributed by atoms with Crippen LogP contribution in [0.25, 0.3) is 0 Å². The molecular weight excluding hydrogens is 211 g/mol. The van der Waals surface area contributed by atoms with Gasteiger partial charge in [-0.25, -0.2) is 4.39 Å². The Morgan fingerprint density at radius 3 is 2.56 bits per heavy atom. The topological polar surface area (TPSA) is 38.7 Å². The monoisotopic (exact) mass is 228 g/mol. The number of halogens is 1. The second kappa shape index (κ2) is 5.82. The zero-order valence-electron chi connectivity index (χ0n) is 9.74. The van der Waals surface area contributed by atoms with Gasteiger partial charge in [-0.05, 0) is 19.1 Å². The maximum Gasteiger partial charge on any atom is 0.132 e. The Morgan fingerprint density at radius 1 is 1.38 bits per heavy atom. The molecule has 1 N–H and O–H groups in total. The molecule has 4 heteroatoms. The molecule has 1 rings (SSSR count). The van der Waals surface area contributed by atoms with Crippen molar-refractivity contribution in [3.05, 3.63) is 29.6 Å². The molecule has 0 aliphatic rings. The number of aliphatic hydroxyl groups excluding tert-OH is 1. The lowest BCUT2D eigenvalue weighted by Gasteiger charge is -2.16. The van der Waals surface area contributed by atoms with Gasteiger partial charge in [-0.3, -0.25) is 0 Å². The van der Waals surface area contributed by atoms with E-state index in [1.807, 2.05) is 6.92 Å². The van der Waals surface area contributed by atoms with Crippen molar-refractivity contribution >= 4 is 0 Å². The van der Waals surface area contributed by atoms with Crippen molar-refractivity contribution in [2.45, 2.75) is 25.6 Å². The van der Waals surface area contributed by atoms with Crippen LogP contribution >= 0.6 is 0 Å². The predicted molar refractivity (Wildman–Crippen MR) is 59.0 cm³/mol. The van der Waals surface area contributed by atoms with Gasteiger partial charge in [0, 0.05) is 25.2 Å². The molecule has 0 aliphatic heterocycles. The molecule has 0 aromatic heterocycles. The number of methoxy groups -OCH3 is 2. The molecule has 0 saturated carbocycles. The summed E-state index contributed by atoms with van der Waals surface area (Å²) in [6.07, 6.45) is -0.614. The SMILES string of the molecule is COc1ccc(C(O)CC(C)OC)c(F)c1. The van der Waals surface area contributed by atoms with Crippen molar-refractivity contribution in [3.8, 4) is 5.75 Å². The van der Waals surface area contributed by atoms with Gasteiger partial charge < -0.3 is 14.6 Å². The largest absolute Gasteiger partial charge is 0.497 e. The van der Waals surface area contributed by atoms with Crippen LogP contribution in [0.2, 0.25) is 0 Å². The number of aliphatic hydroxyl groups is 1. The number of hydrogen-bond acceptors (Lipinski definition) is 3. The van der Waals surface area contributed by atoms with Crippen LogP contribution in [-0.2, 0) is 4.74 Å². The van der Waals surface area contributed by atoms with E-state index in [0.29, 0.717) is 12.2 Å². The Bertz CT molecular complexity index is 341. The average Bonchev–Trinajstić information content (AvgIpc) is 2.28. The summed E-state index contributed by atoms with van der Waals surface area (Å²) in [6, 6.07) is 4.41. The molecule has 0 fully saturated rings. The Kier molecular flexibility index (Phi) is 4.71. The molecule has 1 aromatic rings. The third-order valence-electron chi connectivity index (χ3n) is 2.52. The van der Waals surface area contributed by atoms with Crippen molar-refractivity contribution in [2.75, 3.05) is 14.2 Å². The number of hydrogen-bond donors (Lipinski definition) is 1. The molecule has 0 spiro atoms. The van der Waals surface area contributed by atoms with Crippen molar-refractivity contribution in [1.29, 1.82) is 0 Å². The van der Waals surface area contributed by atoms with Gasteiger partial charge in [0.25, 0.3) is 0 Å². The summed E-state index contributed by atoms with van der Waals surface area (Å²) in [4.78, 5) is 0. The van der Waals surface area contributed by atoms with Gasteiger partial charge in [-0.1, -0.05) is 0 Å². The predicted octanol–water partition coefficient (Wildman–Crippen LogP) is 2.29. The van der Waals surface area contributed by atoms with E-state index in [9.17, 15) is 9.50 Å². The maximum atomic E-state index is 13.6. The van der Waals surface area contributed by atoms with E-state index in [1.165, 1.54) is 19.2 Å². The third kappa shape index (κ3) is 3.18. The standard InChI is InChI=1S/C12H17FO3/c1-8(15-2)6-12(14)10-5-4-9(16-3)7-11(10)13/h4-5,7-8,12,14H,6H2,1-3H3. The molecule has 1 aromatic carbocycles. The summed E-state index contributed by atoms with van der Waals surface area (Å²) in [5.41, 5.74) is 0.268. The van der Waals surface area contributed by atoms with Crippen molar-refractivity contribution in [2.24, 2.45) is 0 Å². The first-order chi connectivity index (χ1) is 7.58. The highest BCUT2D eigenvalue weighted by Gasteiger charge is 2.16. The summed E-state index contributed by atoms with van der Waals surface area (Å²) in [7, 11) is 3.03. The van der Waals surface area contributed by atoms with Crippen LogP contribution in [0, 0.1) is 5.82 Å². The Hall–Kier alpha value is -1.13. The summed E-state index contributed by atoms with van der Waals surface area (Å²) in [5.74, 6) is -0.0246. The molecule has 0 radical (unpaired) electrons. The zero-order valence-corrected chi connectivity index (χ0v) is 9.74. The van der Waals surface area contributed by atoms with E-state index in [2.05, 4.69) is 0 Å². The molecule has 0 aliphatic carbocycles. The van der Waals surface area contributed by atoms with Gasteiger partial charge in [0.15, 0.2) is 0 Å². The molecule has 3 nitrogen and oxygen atoms in total. The van der Waals surface area contributed by atoms with Crippen LogP contribution in [0.1, 0.15) is 25.0 Å². The molecule has 0 amide bonds. The minimum atomic E-state index is -0.860. The van der Waals surface area contributed by atoms with Crippen molar-refractivity contribution < 1.29 is 19.0 Å². The molecule has 0 saturated heterocycles. The second-order valence-electron chi connectivity index (χ2n) is 3.69. The lowest BCUT2D eigenvalue weighted by molar-refractivity contribution is 0.0546. The molecule has 2 unspecified atom stereocenters. The van der Waals surface area contributed by atoms with Gasteiger partial charge in [0.2, 0.25) is 0 Å². The highest BCUT2D eigenvalue weighted by Crippen LogP contribution is 2.25. The molecule has 90 valence electrons. The van der Waals surface area contributed by atoms with Crippen molar-refractivity contribution in [1.82, 2.24) is 0 Å². The molecular formula is C12H17FO3. The van der Waals surface area contributed by atoms with Crippen LogP contribution in [0.3, 0.4) is 0 Å². The Balaban J connectivity index is 2.79. The van der Waals surface area contributed by atoms with E-state index in [4.69, 9.17) is 9.47 Å². The van der Waals surface area contributed by atoms with E-state index < -0.39 is 11.9 Å². The lowest BCUT2D eigenvalue weighted by Crippen LogP contribution is -2.12. The highest BCUT2D eigenvalue weighted by atomic mass is 19.1. The van der Waals surface area contributed by atoms with Gasteiger partial charge in [0.1, 0.15) is 11.6 Å². The first-order valence-electron chi connectivity index (χ1n) is 5.12. The number of ether oxygens (including phenoxy) is 2. The zero-order chi connectivity index (χ0) is 12.1. The van der Waals surface area contributed by atoms with E-state index in [0.717, 1.165) is 0 Å². The fraction of sp³-hybridized carbons (Fsp3) is 0.500. The Morgan fingerprint density at radius 2 is 2.06 bits per heavy atom.